The molecule has 1 aliphatic heterocycles. The molecule has 2 aromatic heterocycles. The monoisotopic (exact) mass is 334 g/mol. The second-order valence-electron chi connectivity index (χ2n) is 6.85. The molecule has 0 aliphatic carbocycles. The molecule has 0 aromatic carbocycles. The third-order valence-electron chi connectivity index (χ3n) is 4.51. The Morgan fingerprint density at radius 1 is 1.21 bits per heavy atom. The summed E-state index contributed by atoms with van der Waals surface area (Å²) in [6, 6.07) is 0. The molecule has 2 aromatic rings. The predicted molar refractivity (Wildman–Crippen MR) is 93.4 cm³/mol. The standard InChI is InChI=1S/C16H26N6O2/c1-12(2)10-22-14-13(15(23)19(3)16(22)24)21(11-18-14)9-8-20-6-4-17-5-7-20/h11-12,17H,4-10H2,1-3H3. The van der Waals surface area contributed by atoms with Gasteiger partial charge in [-0.05, 0) is 5.92 Å². The van der Waals surface area contributed by atoms with E-state index in [2.05, 4.69) is 15.2 Å². The topological polar surface area (TPSA) is 77.1 Å². The summed E-state index contributed by atoms with van der Waals surface area (Å²) in [5.41, 5.74) is 0.450. The highest BCUT2D eigenvalue weighted by atomic mass is 16.2. The molecular formula is C16H26N6O2. The molecule has 0 bridgehead atoms. The second-order valence-corrected chi connectivity index (χ2v) is 6.85. The molecule has 8 nitrogen and oxygen atoms in total. The molecule has 0 saturated carbocycles. The van der Waals surface area contributed by atoms with Crippen molar-refractivity contribution in [1.82, 2.24) is 28.9 Å². The number of nitrogens with one attached hydrogen (secondary N) is 1. The number of nitrogens with zero attached hydrogens (tertiary/aromatic N) is 5. The quantitative estimate of drug-likeness (QED) is 0.795. The first-order chi connectivity index (χ1) is 11.5. The van der Waals surface area contributed by atoms with Gasteiger partial charge in [0, 0.05) is 52.9 Å². The first-order valence-corrected chi connectivity index (χ1v) is 8.56. The molecule has 1 fully saturated rings. The predicted octanol–water partition coefficient (Wildman–Crippen LogP) is -0.542. The molecule has 0 atom stereocenters. The van der Waals surface area contributed by atoms with Gasteiger partial charge >= 0.3 is 5.69 Å². The summed E-state index contributed by atoms with van der Waals surface area (Å²) in [7, 11) is 1.54. The molecule has 3 heterocycles. The highest BCUT2D eigenvalue weighted by Gasteiger charge is 2.17. The van der Waals surface area contributed by atoms with Gasteiger partial charge in [0.05, 0.1) is 6.33 Å². The van der Waals surface area contributed by atoms with Crippen LogP contribution in [0.25, 0.3) is 11.2 Å². The van der Waals surface area contributed by atoms with Crippen LogP contribution in [0.15, 0.2) is 15.9 Å². The lowest BCUT2D eigenvalue weighted by Crippen LogP contribution is -2.44. The van der Waals surface area contributed by atoms with Gasteiger partial charge in [-0.15, -0.1) is 0 Å². The van der Waals surface area contributed by atoms with Crippen molar-refractivity contribution in [1.29, 1.82) is 0 Å². The highest BCUT2D eigenvalue weighted by Crippen LogP contribution is 2.09. The Morgan fingerprint density at radius 2 is 1.92 bits per heavy atom. The van der Waals surface area contributed by atoms with E-state index in [1.54, 1.807) is 10.9 Å². The van der Waals surface area contributed by atoms with E-state index < -0.39 is 0 Å². The summed E-state index contributed by atoms with van der Waals surface area (Å²) in [5, 5.41) is 3.33. The van der Waals surface area contributed by atoms with Crippen molar-refractivity contribution < 1.29 is 0 Å². The fraction of sp³-hybridized carbons (Fsp3) is 0.688. The maximum atomic E-state index is 12.6. The van der Waals surface area contributed by atoms with Crippen LogP contribution in [0.1, 0.15) is 13.8 Å². The van der Waals surface area contributed by atoms with Crippen LogP contribution < -0.4 is 16.6 Å². The van der Waals surface area contributed by atoms with Crippen LogP contribution in [-0.4, -0.2) is 56.3 Å². The van der Waals surface area contributed by atoms with Gasteiger partial charge in [-0.1, -0.05) is 13.8 Å². The van der Waals surface area contributed by atoms with E-state index in [1.807, 2.05) is 18.4 Å². The lowest BCUT2D eigenvalue weighted by Gasteiger charge is -2.27. The second kappa shape index (κ2) is 6.90. The molecule has 8 heteroatoms. The molecule has 0 spiro atoms. The van der Waals surface area contributed by atoms with E-state index in [9.17, 15) is 9.59 Å². The number of imidazole rings is 1. The van der Waals surface area contributed by atoms with Gasteiger partial charge in [0.15, 0.2) is 11.2 Å². The summed E-state index contributed by atoms with van der Waals surface area (Å²) in [6.45, 7) is 10.3. The van der Waals surface area contributed by atoms with Gasteiger partial charge in [0.25, 0.3) is 5.56 Å². The molecular weight excluding hydrogens is 308 g/mol. The van der Waals surface area contributed by atoms with Crippen LogP contribution in [0.3, 0.4) is 0 Å². The minimum atomic E-state index is -0.298. The largest absolute Gasteiger partial charge is 0.332 e. The normalized spacial score (nSPS) is 16.3. The minimum Gasteiger partial charge on any atom is -0.323 e. The molecule has 1 aliphatic rings. The first kappa shape index (κ1) is 16.9. The molecule has 1 N–H and O–H groups in total. The summed E-state index contributed by atoms with van der Waals surface area (Å²) >= 11 is 0. The van der Waals surface area contributed by atoms with Crippen LogP contribution in [0.2, 0.25) is 0 Å². The van der Waals surface area contributed by atoms with Crippen molar-refractivity contribution in [2.45, 2.75) is 26.9 Å². The number of aromatic nitrogens is 4. The van der Waals surface area contributed by atoms with Gasteiger partial charge < -0.3 is 9.88 Å². The van der Waals surface area contributed by atoms with Crippen molar-refractivity contribution in [3.8, 4) is 0 Å². The van der Waals surface area contributed by atoms with Crippen molar-refractivity contribution >= 4 is 11.2 Å². The van der Waals surface area contributed by atoms with Gasteiger partial charge in [0.2, 0.25) is 0 Å². The van der Waals surface area contributed by atoms with Crippen LogP contribution in [0.5, 0.6) is 0 Å². The Labute approximate surface area is 140 Å². The number of hydrogen-bond acceptors (Lipinski definition) is 5. The fourth-order valence-corrected chi connectivity index (χ4v) is 3.19. The maximum absolute atomic E-state index is 12.6. The number of piperazine rings is 1. The van der Waals surface area contributed by atoms with Crippen LogP contribution in [0.4, 0.5) is 0 Å². The molecule has 3 rings (SSSR count). The summed E-state index contributed by atoms with van der Waals surface area (Å²) in [4.78, 5) is 31.8. The first-order valence-electron chi connectivity index (χ1n) is 8.56. The smallest absolute Gasteiger partial charge is 0.323 e. The van der Waals surface area contributed by atoms with E-state index >= 15 is 0 Å². The zero-order valence-electron chi connectivity index (χ0n) is 14.7. The molecule has 24 heavy (non-hydrogen) atoms. The van der Waals surface area contributed by atoms with Gasteiger partial charge in [-0.25, -0.2) is 9.78 Å². The van der Waals surface area contributed by atoms with Crippen molar-refractivity contribution in [2.75, 3.05) is 32.7 Å². The van der Waals surface area contributed by atoms with E-state index in [1.165, 1.54) is 11.6 Å². The Balaban J connectivity index is 1.96. The van der Waals surface area contributed by atoms with E-state index in [4.69, 9.17) is 0 Å². The van der Waals surface area contributed by atoms with E-state index in [0.29, 0.717) is 30.2 Å². The Morgan fingerprint density at radius 3 is 2.58 bits per heavy atom. The lowest BCUT2D eigenvalue weighted by molar-refractivity contribution is 0.233. The summed E-state index contributed by atoms with van der Waals surface area (Å²) in [6.07, 6.45) is 1.69. The van der Waals surface area contributed by atoms with Gasteiger partial charge in [-0.2, -0.15) is 0 Å². The molecule has 0 amide bonds. The lowest BCUT2D eigenvalue weighted by atomic mass is 10.2. The molecule has 132 valence electrons. The zero-order valence-corrected chi connectivity index (χ0v) is 14.7. The van der Waals surface area contributed by atoms with E-state index in [0.717, 1.165) is 32.7 Å². The minimum absolute atomic E-state index is 0.271. The maximum Gasteiger partial charge on any atom is 0.332 e. The van der Waals surface area contributed by atoms with Crippen LogP contribution in [-0.2, 0) is 20.1 Å². The van der Waals surface area contributed by atoms with Gasteiger partial charge in [0.1, 0.15) is 0 Å². The SMILES string of the molecule is CC(C)Cn1c(=O)n(C)c(=O)c2c1ncn2CCN1CCNCC1. The Kier molecular flexibility index (Phi) is 4.86. The van der Waals surface area contributed by atoms with Crippen molar-refractivity contribution in [3.05, 3.63) is 27.2 Å². The van der Waals surface area contributed by atoms with Gasteiger partial charge in [-0.3, -0.25) is 18.8 Å². The highest BCUT2D eigenvalue weighted by molar-refractivity contribution is 5.70. The Bertz CT molecular complexity index is 825. The number of hydrogen-bond donors (Lipinski definition) is 1. The van der Waals surface area contributed by atoms with Crippen LogP contribution >= 0.6 is 0 Å². The third kappa shape index (κ3) is 3.16. The molecule has 1 saturated heterocycles. The fourth-order valence-electron chi connectivity index (χ4n) is 3.19. The molecule has 0 radical (unpaired) electrons. The molecule has 0 unspecified atom stereocenters. The number of rotatable bonds is 5. The summed E-state index contributed by atoms with van der Waals surface area (Å²) in [5.74, 6) is 0.300. The van der Waals surface area contributed by atoms with Crippen molar-refractivity contribution in [3.63, 3.8) is 0 Å². The average molecular weight is 334 g/mol. The van der Waals surface area contributed by atoms with Crippen molar-refractivity contribution in [2.24, 2.45) is 13.0 Å². The number of fused-ring (bicyclic) bond motifs is 1. The van der Waals surface area contributed by atoms with Crippen LogP contribution in [0, 0.1) is 5.92 Å². The third-order valence-corrected chi connectivity index (χ3v) is 4.51. The van der Waals surface area contributed by atoms with E-state index in [-0.39, 0.29) is 11.2 Å². The summed E-state index contributed by atoms with van der Waals surface area (Å²) < 4.78 is 4.69. The Hall–Kier alpha value is -1.93. The zero-order chi connectivity index (χ0) is 17.3. The average Bonchev–Trinajstić information content (AvgIpc) is 2.99.